The third-order valence-electron chi connectivity index (χ3n) is 3.68. The molecule has 4 nitrogen and oxygen atoms in total. The number of nitrogens with two attached hydrogens (primary N) is 1. The third-order valence-corrected chi connectivity index (χ3v) is 3.68. The number of guanidine groups is 1. The minimum atomic E-state index is 0.325. The van der Waals surface area contributed by atoms with Gasteiger partial charge in [-0.1, -0.05) is 12.8 Å². The van der Waals surface area contributed by atoms with Crippen molar-refractivity contribution in [3.63, 3.8) is 0 Å². The van der Waals surface area contributed by atoms with Gasteiger partial charge in [0.1, 0.15) is 0 Å². The fourth-order valence-electron chi connectivity index (χ4n) is 2.64. The van der Waals surface area contributed by atoms with Crippen molar-refractivity contribution in [3.05, 3.63) is 0 Å². The van der Waals surface area contributed by atoms with Crippen molar-refractivity contribution in [1.29, 1.82) is 0 Å². The Morgan fingerprint density at radius 1 is 1.25 bits per heavy atom. The van der Waals surface area contributed by atoms with Crippen LogP contribution in [0.15, 0.2) is 4.99 Å². The quantitative estimate of drug-likeness (QED) is 0.570. The van der Waals surface area contributed by atoms with Crippen LogP contribution >= 0.6 is 0 Å². The Morgan fingerprint density at radius 2 is 2.00 bits per heavy atom. The van der Waals surface area contributed by atoms with Gasteiger partial charge in [-0.25, -0.2) is 4.99 Å². The largest absolute Gasteiger partial charge is 0.380 e. The fourth-order valence-corrected chi connectivity index (χ4v) is 2.64. The van der Waals surface area contributed by atoms with Crippen molar-refractivity contribution in [1.82, 2.24) is 4.90 Å². The molecule has 0 aromatic heterocycles. The zero-order valence-corrected chi connectivity index (χ0v) is 10.2. The molecule has 4 heteroatoms. The van der Waals surface area contributed by atoms with Crippen LogP contribution in [0.5, 0.6) is 0 Å². The van der Waals surface area contributed by atoms with Crippen LogP contribution in [-0.2, 0) is 4.74 Å². The molecule has 0 aromatic rings. The number of aliphatic imine (C=N–C) groups is 1. The van der Waals surface area contributed by atoms with Crippen LogP contribution in [0.1, 0.15) is 38.5 Å². The molecule has 1 saturated carbocycles. The minimum Gasteiger partial charge on any atom is -0.380 e. The van der Waals surface area contributed by atoms with Crippen molar-refractivity contribution in [2.75, 3.05) is 20.2 Å². The van der Waals surface area contributed by atoms with E-state index in [2.05, 4.69) is 9.89 Å². The van der Waals surface area contributed by atoms with Gasteiger partial charge in [-0.05, 0) is 25.7 Å². The lowest BCUT2D eigenvalue weighted by Crippen LogP contribution is -2.46. The van der Waals surface area contributed by atoms with Crippen LogP contribution in [0.4, 0.5) is 0 Å². The Kier molecular flexibility index (Phi) is 4.04. The summed E-state index contributed by atoms with van der Waals surface area (Å²) in [7, 11) is 1.78. The molecule has 0 spiro atoms. The van der Waals surface area contributed by atoms with Crippen LogP contribution in [0.25, 0.3) is 0 Å². The maximum atomic E-state index is 6.07. The van der Waals surface area contributed by atoms with E-state index < -0.39 is 0 Å². The predicted octanol–water partition coefficient (Wildman–Crippen LogP) is 1.35. The molecule has 1 aliphatic heterocycles. The summed E-state index contributed by atoms with van der Waals surface area (Å²) in [6.07, 6.45) is 7.66. The second-order valence-corrected chi connectivity index (χ2v) is 4.87. The van der Waals surface area contributed by atoms with Gasteiger partial charge in [0.2, 0.25) is 0 Å². The monoisotopic (exact) mass is 225 g/mol. The van der Waals surface area contributed by atoms with Gasteiger partial charge in [0.15, 0.2) is 5.96 Å². The van der Waals surface area contributed by atoms with E-state index >= 15 is 0 Å². The average Bonchev–Trinajstić information content (AvgIpc) is 2.82. The zero-order chi connectivity index (χ0) is 11.4. The smallest absolute Gasteiger partial charge is 0.191 e. The van der Waals surface area contributed by atoms with Gasteiger partial charge in [-0.2, -0.15) is 0 Å². The molecule has 0 bridgehead atoms. The SMILES string of the molecule is COC1CCCN(C(N)=NC2CCCC2)C1. The molecule has 2 rings (SSSR count). The first kappa shape index (κ1) is 11.7. The second-order valence-electron chi connectivity index (χ2n) is 4.87. The van der Waals surface area contributed by atoms with Gasteiger partial charge in [-0.15, -0.1) is 0 Å². The summed E-state index contributed by atoms with van der Waals surface area (Å²) in [6.45, 7) is 1.93. The highest BCUT2D eigenvalue weighted by atomic mass is 16.5. The van der Waals surface area contributed by atoms with Crippen molar-refractivity contribution < 1.29 is 4.74 Å². The highest BCUT2D eigenvalue weighted by Gasteiger charge is 2.22. The van der Waals surface area contributed by atoms with E-state index in [0.29, 0.717) is 12.1 Å². The first-order valence-electron chi connectivity index (χ1n) is 6.40. The van der Waals surface area contributed by atoms with Crippen molar-refractivity contribution in [2.24, 2.45) is 10.7 Å². The molecule has 0 aromatic carbocycles. The van der Waals surface area contributed by atoms with Gasteiger partial charge in [0, 0.05) is 20.2 Å². The van der Waals surface area contributed by atoms with Crippen LogP contribution in [0.2, 0.25) is 0 Å². The number of piperidine rings is 1. The molecule has 2 N–H and O–H groups in total. The number of methoxy groups -OCH3 is 1. The number of nitrogens with zero attached hydrogens (tertiary/aromatic N) is 2. The molecule has 2 aliphatic rings. The van der Waals surface area contributed by atoms with Gasteiger partial charge in [0.25, 0.3) is 0 Å². The van der Waals surface area contributed by atoms with Crippen LogP contribution in [0.3, 0.4) is 0 Å². The summed E-state index contributed by atoms with van der Waals surface area (Å²) >= 11 is 0. The molecule has 0 amide bonds. The van der Waals surface area contributed by atoms with Gasteiger partial charge in [-0.3, -0.25) is 0 Å². The van der Waals surface area contributed by atoms with E-state index in [9.17, 15) is 0 Å². The van der Waals surface area contributed by atoms with E-state index in [0.717, 1.165) is 31.9 Å². The Morgan fingerprint density at radius 3 is 2.69 bits per heavy atom. The third kappa shape index (κ3) is 2.88. The van der Waals surface area contributed by atoms with E-state index in [1.807, 2.05) is 0 Å². The molecule has 0 radical (unpaired) electrons. The van der Waals surface area contributed by atoms with Crippen molar-refractivity contribution >= 4 is 5.96 Å². The maximum absolute atomic E-state index is 6.07. The van der Waals surface area contributed by atoms with E-state index in [1.54, 1.807) is 7.11 Å². The topological polar surface area (TPSA) is 50.9 Å². The highest BCUT2D eigenvalue weighted by Crippen LogP contribution is 2.21. The molecule has 92 valence electrons. The van der Waals surface area contributed by atoms with Crippen molar-refractivity contribution in [2.45, 2.75) is 50.7 Å². The Bertz CT molecular complexity index is 249. The fraction of sp³-hybridized carbons (Fsp3) is 0.917. The normalized spacial score (nSPS) is 28.7. The van der Waals surface area contributed by atoms with E-state index in [-0.39, 0.29) is 0 Å². The number of ether oxygens (including phenoxy) is 1. The summed E-state index contributed by atoms with van der Waals surface area (Å²) in [5.74, 6) is 0.730. The number of hydrogen-bond donors (Lipinski definition) is 1. The minimum absolute atomic E-state index is 0.325. The standard InChI is InChI=1S/C12H23N3O/c1-16-11-7-4-8-15(9-11)12(13)14-10-5-2-3-6-10/h10-11H,2-9H2,1H3,(H2,13,14). The maximum Gasteiger partial charge on any atom is 0.191 e. The van der Waals surface area contributed by atoms with Crippen LogP contribution < -0.4 is 5.73 Å². The summed E-state index contributed by atoms with van der Waals surface area (Å²) in [4.78, 5) is 6.81. The Balaban J connectivity index is 1.89. The molecule has 1 heterocycles. The number of hydrogen-bond acceptors (Lipinski definition) is 2. The molecule has 1 atom stereocenters. The molecular formula is C12H23N3O. The molecule has 16 heavy (non-hydrogen) atoms. The number of rotatable bonds is 2. The Labute approximate surface area is 97.9 Å². The Hall–Kier alpha value is -0.770. The molecular weight excluding hydrogens is 202 g/mol. The average molecular weight is 225 g/mol. The molecule has 1 aliphatic carbocycles. The summed E-state index contributed by atoms with van der Waals surface area (Å²) in [5, 5.41) is 0. The highest BCUT2D eigenvalue weighted by molar-refractivity contribution is 5.78. The van der Waals surface area contributed by atoms with Gasteiger partial charge < -0.3 is 15.4 Å². The second kappa shape index (κ2) is 5.53. The first-order chi connectivity index (χ1) is 7.79. The molecule has 1 saturated heterocycles. The molecule has 2 fully saturated rings. The first-order valence-corrected chi connectivity index (χ1v) is 6.40. The van der Waals surface area contributed by atoms with Crippen LogP contribution in [-0.4, -0.2) is 43.2 Å². The lowest BCUT2D eigenvalue weighted by Gasteiger charge is -2.32. The summed E-state index contributed by atoms with van der Waals surface area (Å²) in [5.41, 5.74) is 6.07. The lowest BCUT2D eigenvalue weighted by atomic mass is 10.1. The number of likely N-dealkylation sites (tertiary alicyclic amines) is 1. The zero-order valence-electron chi connectivity index (χ0n) is 10.2. The predicted molar refractivity (Wildman–Crippen MR) is 65.5 cm³/mol. The van der Waals surface area contributed by atoms with Crippen LogP contribution in [0, 0.1) is 0 Å². The van der Waals surface area contributed by atoms with E-state index in [4.69, 9.17) is 10.5 Å². The van der Waals surface area contributed by atoms with Crippen molar-refractivity contribution in [3.8, 4) is 0 Å². The van der Waals surface area contributed by atoms with Gasteiger partial charge in [0.05, 0.1) is 12.1 Å². The van der Waals surface area contributed by atoms with E-state index in [1.165, 1.54) is 25.7 Å². The lowest BCUT2D eigenvalue weighted by molar-refractivity contribution is 0.0531. The summed E-state index contributed by atoms with van der Waals surface area (Å²) < 4.78 is 5.39. The summed E-state index contributed by atoms with van der Waals surface area (Å²) in [6, 6.07) is 0.475. The van der Waals surface area contributed by atoms with Gasteiger partial charge >= 0.3 is 0 Å². The molecule has 1 unspecified atom stereocenters.